The lowest BCUT2D eigenvalue weighted by Gasteiger charge is -2.21. The van der Waals surface area contributed by atoms with Crippen molar-refractivity contribution >= 4 is 11.6 Å². The molecule has 0 spiro atoms. The maximum absolute atomic E-state index is 12.4. The zero-order chi connectivity index (χ0) is 18.4. The number of carbonyl (C=O) groups excluding carboxylic acids is 1. The second kappa shape index (κ2) is 8.02. The molecule has 0 fully saturated rings. The van der Waals surface area contributed by atoms with E-state index in [0.29, 0.717) is 0 Å². The quantitative estimate of drug-likeness (QED) is 0.829. The molecule has 0 heterocycles. The van der Waals surface area contributed by atoms with E-state index in [0.717, 1.165) is 5.56 Å². The molecule has 1 amide bonds. The molecular weight excluding hydrogens is 333 g/mol. The molecule has 0 aliphatic heterocycles. The summed E-state index contributed by atoms with van der Waals surface area (Å²) in [5.74, 6) is -1.04. The molecule has 3 N–H and O–H groups in total. The van der Waals surface area contributed by atoms with Crippen molar-refractivity contribution in [3.8, 4) is 5.75 Å². The minimum atomic E-state index is -4.46. The topological polar surface area (TPSA) is 64.3 Å². The molecule has 0 bridgehead atoms. The van der Waals surface area contributed by atoms with Crippen LogP contribution in [-0.4, -0.2) is 18.7 Å². The van der Waals surface area contributed by atoms with E-state index >= 15 is 0 Å². The van der Waals surface area contributed by atoms with Crippen molar-refractivity contribution in [1.82, 2.24) is 0 Å². The minimum Gasteiger partial charge on any atom is -0.482 e. The number of ether oxygens (including phenoxy) is 1. The highest BCUT2D eigenvalue weighted by molar-refractivity contribution is 5.94. The number of carbonyl (C=O) groups is 1. The zero-order valence-corrected chi connectivity index (χ0v) is 13.6. The van der Waals surface area contributed by atoms with Gasteiger partial charge in [0, 0.05) is 6.04 Å². The number of hydrogen-bond acceptors (Lipinski definition) is 3. The van der Waals surface area contributed by atoms with Gasteiger partial charge in [0.2, 0.25) is 5.91 Å². The molecule has 0 radical (unpaired) electrons. The zero-order valence-electron chi connectivity index (χ0n) is 13.6. The lowest BCUT2D eigenvalue weighted by Crippen LogP contribution is -2.30. The summed E-state index contributed by atoms with van der Waals surface area (Å²) < 4.78 is 41.7. The van der Waals surface area contributed by atoms with Crippen molar-refractivity contribution in [3.05, 3.63) is 60.2 Å². The predicted molar refractivity (Wildman–Crippen MR) is 89.2 cm³/mol. The van der Waals surface area contributed by atoms with Gasteiger partial charge in [-0.3, -0.25) is 4.79 Å². The van der Waals surface area contributed by atoms with Gasteiger partial charge in [-0.25, -0.2) is 0 Å². The van der Waals surface area contributed by atoms with E-state index in [-0.39, 0.29) is 11.4 Å². The third-order valence-corrected chi connectivity index (χ3v) is 3.67. The molecule has 2 rings (SSSR count). The average Bonchev–Trinajstić information content (AvgIpc) is 2.59. The summed E-state index contributed by atoms with van der Waals surface area (Å²) in [5, 5.41) is 2.59. The molecule has 2 atom stereocenters. The van der Waals surface area contributed by atoms with Gasteiger partial charge in [-0.1, -0.05) is 49.4 Å². The fraction of sp³-hybridized carbons (Fsp3) is 0.278. The molecular formula is C18H19F3N2O2. The molecule has 7 heteroatoms. The van der Waals surface area contributed by atoms with Crippen LogP contribution in [0, 0.1) is 5.92 Å². The number of anilines is 1. The minimum absolute atomic E-state index is 0.0475. The maximum Gasteiger partial charge on any atom is 0.422 e. The van der Waals surface area contributed by atoms with Gasteiger partial charge in [0.25, 0.3) is 0 Å². The summed E-state index contributed by atoms with van der Waals surface area (Å²) in [6.07, 6.45) is -4.46. The van der Waals surface area contributed by atoms with Crippen molar-refractivity contribution in [2.45, 2.75) is 19.1 Å². The Morgan fingerprint density at radius 2 is 1.72 bits per heavy atom. The second-order valence-electron chi connectivity index (χ2n) is 5.61. The molecule has 4 nitrogen and oxygen atoms in total. The molecule has 2 unspecified atom stereocenters. The number of alkyl halides is 3. The molecule has 0 aliphatic rings. The van der Waals surface area contributed by atoms with Crippen LogP contribution in [0.2, 0.25) is 0 Å². The standard InChI is InChI=1S/C18H19F3N2O2/c1-12(16(22)13-7-3-2-4-8-13)17(24)23-14-9-5-6-10-15(14)25-11-18(19,20)21/h2-10,12,16H,11,22H2,1H3,(H,23,24). The predicted octanol–water partition coefficient (Wildman–Crippen LogP) is 3.90. The van der Waals surface area contributed by atoms with Crippen molar-refractivity contribution in [1.29, 1.82) is 0 Å². The molecule has 134 valence electrons. The fourth-order valence-electron chi connectivity index (χ4n) is 2.23. The van der Waals surface area contributed by atoms with Crippen molar-refractivity contribution in [3.63, 3.8) is 0 Å². The summed E-state index contributed by atoms with van der Waals surface area (Å²) in [6.45, 7) is 0.227. The van der Waals surface area contributed by atoms with Gasteiger partial charge < -0.3 is 15.8 Å². The highest BCUT2D eigenvalue weighted by Crippen LogP contribution is 2.28. The maximum atomic E-state index is 12.4. The van der Waals surface area contributed by atoms with Crippen LogP contribution in [0.4, 0.5) is 18.9 Å². The monoisotopic (exact) mass is 352 g/mol. The third-order valence-electron chi connectivity index (χ3n) is 3.67. The van der Waals surface area contributed by atoms with Crippen LogP contribution in [-0.2, 0) is 4.79 Å². The van der Waals surface area contributed by atoms with Gasteiger partial charge in [-0.15, -0.1) is 0 Å². The van der Waals surface area contributed by atoms with E-state index < -0.39 is 30.7 Å². The van der Waals surface area contributed by atoms with E-state index in [2.05, 4.69) is 5.32 Å². The Bertz CT molecular complexity index is 705. The van der Waals surface area contributed by atoms with E-state index in [1.807, 2.05) is 30.3 Å². The number of amides is 1. The smallest absolute Gasteiger partial charge is 0.422 e. The molecule has 2 aromatic rings. The van der Waals surface area contributed by atoms with E-state index in [4.69, 9.17) is 10.5 Å². The van der Waals surface area contributed by atoms with Crippen LogP contribution < -0.4 is 15.8 Å². The lowest BCUT2D eigenvalue weighted by molar-refractivity contribution is -0.153. The molecule has 0 aromatic heterocycles. The molecule has 2 aromatic carbocycles. The molecule has 0 saturated carbocycles. The number of rotatable bonds is 6. The van der Waals surface area contributed by atoms with Crippen molar-refractivity contribution in [2.75, 3.05) is 11.9 Å². The summed E-state index contributed by atoms with van der Waals surface area (Å²) in [6, 6.07) is 14.5. The van der Waals surface area contributed by atoms with Crippen LogP contribution in [0.5, 0.6) is 5.75 Å². The SMILES string of the molecule is CC(C(=O)Nc1ccccc1OCC(F)(F)F)C(N)c1ccccc1. The number of benzene rings is 2. The molecule has 0 aliphatic carbocycles. The second-order valence-corrected chi connectivity index (χ2v) is 5.61. The van der Waals surface area contributed by atoms with Crippen LogP contribution in [0.25, 0.3) is 0 Å². The first kappa shape index (κ1) is 18.8. The Labute approximate surface area is 143 Å². The Morgan fingerprint density at radius 3 is 2.36 bits per heavy atom. The Hall–Kier alpha value is -2.54. The third kappa shape index (κ3) is 5.49. The van der Waals surface area contributed by atoms with Crippen molar-refractivity contribution < 1.29 is 22.7 Å². The summed E-state index contributed by atoms with van der Waals surface area (Å²) in [4.78, 5) is 12.4. The fourth-order valence-corrected chi connectivity index (χ4v) is 2.23. The number of nitrogens with two attached hydrogens (primary N) is 1. The van der Waals surface area contributed by atoms with Gasteiger partial charge in [0.15, 0.2) is 6.61 Å². The van der Waals surface area contributed by atoms with E-state index in [1.165, 1.54) is 18.2 Å². The van der Waals surface area contributed by atoms with Crippen molar-refractivity contribution in [2.24, 2.45) is 11.7 Å². The van der Waals surface area contributed by atoms with E-state index in [1.54, 1.807) is 13.0 Å². The summed E-state index contributed by atoms with van der Waals surface area (Å²) >= 11 is 0. The van der Waals surface area contributed by atoms with Gasteiger partial charge >= 0.3 is 6.18 Å². The Balaban J connectivity index is 2.07. The van der Waals surface area contributed by atoms with Crippen LogP contribution in [0.1, 0.15) is 18.5 Å². The first-order valence-corrected chi connectivity index (χ1v) is 7.68. The van der Waals surface area contributed by atoms with Gasteiger partial charge in [-0.2, -0.15) is 13.2 Å². The largest absolute Gasteiger partial charge is 0.482 e. The van der Waals surface area contributed by atoms with Crippen LogP contribution in [0.3, 0.4) is 0 Å². The molecule has 25 heavy (non-hydrogen) atoms. The van der Waals surface area contributed by atoms with Gasteiger partial charge in [0.05, 0.1) is 11.6 Å². The van der Waals surface area contributed by atoms with Gasteiger partial charge in [-0.05, 0) is 17.7 Å². The number of para-hydroxylation sites is 2. The molecule has 0 saturated heterocycles. The van der Waals surface area contributed by atoms with Crippen LogP contribution >= 0.6 is 0 Å². The Morgan fingerprint density at radius 1 is 1.12 bits per heavy atom. The number of halogens is 3. The average molecular weight is 352 g/mol. The summed E-state index contributed by atoms with van der Waals surface area (Å²) in [7, 11) is 0. The highest BCUT2D eigenvalue weighted by atomic mass is 19.4. The first-order valence-electron chi connectivity index (χ1n) is 7.68. The van der Waals surface area contributed by atoms with E-state index in [9.17, 15) is 18.0 Å². The van der Waals surface area contributed by atoms with Crippen LogP contribution in [0.15, 0.2) is 54.6 Å². The first-order chi connectivity index (χ1) is 11.8. The Kier molecular flexibility index (Phi) is 6.03. The highest BCUT2D eigenvalue weighted by Gasteiger charge is 2.29. The van der Waals surface area contributed by atoms with Gasteiger partial charge in [0.1, 0.15) is 5.75 Å². The normalized spacial score (nSPS) is 13.8. The lowest BCUT2D eigenvalue weighted by atomic mass is 9.94. The number of hydrogen-bond donors (Lipinski definition) is 2. The summed E-state index contributed by atoms with van der Waals surface area (Å²) in [5.41, 5.74) is 7.07. The number of nitrogens with one attached hydrogen (secondary N) is 1.